The van der Waals surface area contributed by atoms with Crippen molar-refractivity contribution in [1.29, 1.82) is 0 Å². The first-order valence-electron chi connectivity index (χ1n) is 4.85. The molecule has 0 aliphatic heterocycles. The van der Waals surface area contributed by atoms with Crippen LogP contribution in [0.2, 0.25) is 0 Å². The number of allylic oxidation sites excluding steroid dienone is 2. The first kappa shape index (κ1) is 10.6. The molecule has 0 fully saturated rings. The van der Waals surface area contributed by atoms with Gasteiger partial charge in [0.25, 0.3) is 0 Å². The van der Waals surface area contributed by atoms with E-state index in [2.05, 4.69) is 37.8 Å². The van der Waals surface area contributed by atoms with Gasteiger partial charge in [-0.25, -0.2) is 0 Å². The first-order chi connectivity index (χ1) is 6.76. The molecule has 1 heteroatoms. The summed E-state index contributed by atoms with van der Waals surface area (Å²) in [5, 5.41) is 0. The van der Waals surface area contributed by atoms with E-state index in [9.17, 15) is 0 Å². The summed E-state index contributed by atoms with van der Waals surface area (Å²) in [6, 6.07) is 8.59. The highest BCUT2D eigenvalue weighted by molar-refractivity contribution is 5.23. The third-order valence-electron chi connectivity index (χ3n) is 2.30. The molecule has 1 aromatic carbocycles. The van der Waals surface area contributed by atoms with Gasteiger partial charge in [0.15, 0.2) is 0 Å². The zero-order valence-corrected chi connectivity index (χ0v) is 8.66. The van der Waals surface area contributed by atoms with Crippen LogP contribution in [0, 0.1) is 6.92 Å². The summed E-state index contributed by atoms with van der Waals surface area (Å²) in [4.78, 5) is 0. The highest BCUT2D eigenvalue weighted by Crippen LogP contribution is 2.10. The second kappa shape index (κ2) is 5.28. The molecule has 0 spiro atoms. The molecule has 0 unspecified atom stereocenters. The minimum atomic E-state index is 0.961. The van der Waals surface area contributed by atoms with Crippen molar-refractivity contribution in [3.05, 3.63) is 59.8 Å². The van der Waals surface area contributed by atoms with Crippen LogP contribution in [0.5, 0.6) is 0 Å². The lowest BCUT2D eigenvalue weighted by molar-refractivity contribution is 0.960. The molecular weight excluding hydrogens is 170 g/mol. The van der Waals surface area contributed by atoms with Crippen molar-refractivity contribution in [3.63, 3.8) is 0 Å². The average Bonchev–Trinajstić information content (AvgIpc) is 2.22. The van der Waals surface area contributed by atoms with E-state index >= 15 is 0 Å². The summed E-state index contributed by atoms with van der Waals surface area (Å²) >= 11 is 0. The second-order valence-electron chi connectivity index (χ2n) is 3.43. The summed E-state index contributed by atoms with van der Waals surface area (Å²) in [5.41, 5.74) is 9.18. The van der Waals surface area contributed by atoms with Crippen molar-refractivity contribution in [3.8, 4) is 0 Å². The predicted octanol–water partition coefficient (Wildman–Crippen LogP) is 2.96. The zero-order valence-electron chi connectivity index (χ0n) is 8.66. The number of hydrogen-bond acceptors (Lipinski definition) is 1. The van der Waals surface area contributed by atoms with Gasteiger partial charge in [0.05, 0.1) is 0 Å². The van der Waals surface area contributed by atoms with E-state index in [-0.39, 0.29) is 0 Å². The molecule has 74 valence electrons. The molecule has 0 amide bonds. The van der Waals surface area contributed by atoms with Crippen molar-refractivity contribution >= 4 is 0 Å². The van der Waals surface area contributed by atoms with Gasteiger partial charge in [0, 0.05) is 0 Å². The summed E-state index contributed by atoms with van der Waals surface area (Å²) < 4.78 is 0. The topological polar surface area (TPSA) is 26.0 Å². The minimum Gasteiger partial charge on any atom is -0.404 e. The maximum atomic E-state index is 5.44. The average molecular weight is 187 g/mol. The van der Waals surface area contributed by atoms with Gasteiger partial charge in [-0.1, -0.05) is 42.5 Å². The molecule has 0 atom stereocenters. The highest BCUT2D eigenvalue weighted by atomic mass is 14.5. The normalized spacial score (nSPS) is 11.4. The van der Waals surface area contributed by atoms with E-state index in [1.807, 2.05) is 6.08 Å². The SMILES string of the molecule is C=C/C(=C\N)CCc1ccc(C)cc1. The van der Waals surface area contributed by atoms with Gasteiger partial charge in [-0.2, -0.15) is 0 Å². The number of hydrogen-bond donors (Lipinski definition) is 1. The van der Waals surface area contributed by atoms with Crippen molar-refractivity contribution in [2.45, 2.75) is 19.8 Å². The molecular formula is C13H17N. The van der Waals surface area contributed by atoms with Crippen LogP contribution < -0.4 is 5.73 Å². The lowest BCUT2D eigenvalue weighted by Gasteiger charge is -2.02. The Hall–Kier alpha value is -1.50. The maximum Gasteiger partial charge on any atom is -0.00298 e. The van der Waals surface area contributed by atoms with Gasteiger partial charge in [0.1, 0.15) is 0 Å². The van der Waals surface area contributed by atoms with E-state index in [1.54, 1.807) is 6.20 Å². The molecule has 0 radical (unpaired) electrons. The lowest BCUT2D eigenvalue weighted by Crippen LogP contribution is -1.90. The van der Waals surface area contributed by atoms with Crippen LogP contribution in [0.15, 0.2) is 48.7 Å². The predicted molar refractivity (Wildman–Crippen MR) is 62.0 cm³/mol. The maximum absolute atomic E-state index is 5.44. The Labute approximate surface area is 85.9 Å². The molecule has 1 aromatic rings. The van der Waals surface area contributed by atoms with Crippen molar-refractivity contribution < 1.29 is 0 Å². The number of rotatable bonds is 4. The fraction of sp³-hybridized carbons (Fsp3) is 0.231. The van der Waals surface area contributed by atoms with Gasteiger partial charge < -0.3 is 5.73 Å². The van der Waals surface area contributed by atoms with E-state index in [0.717, 1.165) is 18.4 Å². The van der Waals surface area contributed by atoms with E-state index in [0.29, 0.717) is 0 Å². The molecule has 14 heavy (non-hydrogen) atoms. The third kappa shape index (κ3) is 3.09. The molecule has 0 heterocycles. The molecule has 0 saturated carbocycles. The van der Waals surface area contributed by atoms with Gasteiger partial charge in [-0.05, 0) is 37.1 Å². The second-order valence-corrected chi connectivity index (χ2v) is 3.43. The summed E-state index contributed by atoms with van der Waals surface area (Å²) in [6.45, 7) is 5.81. The largest absolute Gasteiger partial charge is 0.404 e. The molecule has 0 aliphatic carbocycles. The Kier molecular flexibility index (Phi) is 3.99. The van der Waals surface area contributed by atoms with Crippen molar-refractivity contribution in [2.75, 3.05) is 0 Å². The lowest BCUT2D eigenvalue weighted by atomic mass is 10.0. The van der Waals surface area contributed by atoms with Gasteiger partial charge in [-0.15, -0.1) is 0 Å². The van der Waals surface area contributed by atoms with Crippen LogP contribution in [0.25, 0.3) is 0 Å². The fourth-order valence-electron chi connectivity index (χ4n) is 1.30. The highest BCUT2D eigenvalue weighted by Gasteiger charge is 1.94. The number of nitrogens with two attached hydrogens (primary N) is 1. The third-order valence-corrected chi connectivity index (χ3v) is 2.30. The fourth-order valence-corrected chi connectivity index (χ4v) is 1.30. The first-order valence-corrected chi connectivity index (χ1v) is 4.85. The molecule has 0 saturated heterocycles. The number of benzene rings is 1. The van der Waals surface area contributed by atoms with Crippen LogP contribution in [-0.2, 0) is 6.42 Å². The van der Waals surface area contributed by atoms with E-state index < -0.39 is 0 Å². The van der Waals surface area contributed by atoms with Crippen LogP contribution in [-0.4, -0.2) is 0 Å². The van der Waals surface area contributed by atoms with Gasteiger partial charge >= 0.3 is 0 Å². The zero-order chi connectivity index (χ0) is 10.4. The monoisotopic (exact) mass is 187 g/mol. The van der Waals surface area contributed by atoms with Crippen LogP contribution in [0.3, 0.4) is 0 Å². The Bertz CT molecular complexity index is 320. The van der Waals surface area contributed by atoms with Gasteiger partial charge in [-0.3, -0.25) is 0 Å². The standard InChI is InChI=1S/C13H17N/c1-3-12(10-14)8-9-13-6-4-11(2)5-7-13/h3-7,10H,1,8-9,14H2,2H3/b12-10+. The summed E-state index contributed by atoms with van der Waals surface area (Å²) in [5.74, 6) is 0. The van der Waals surface area contributed by atoms with Crippen molar-refractivity contribution in [2.24, 2.45) is 5.73 Å². The smallest absolute Gasteiger partial charge is 0.00298 e. The van der Waals surface area contributed by atoms with Crippen LogP contribution in [0.4, 0.5) is 0 Å². The Balaban J connectivity index is 2.53. The minimum absolute atomic E-state index is 0.961. The molecule has 0 bridgehead atoms. The molecule has 1 nitrogen and oxygen atoms in total. The Morgan fingerprint density at radius 1 is 1.36 bits per heavy atom. The van der Waals surface area contributed by atoms with E-state index in [1.165, 1.54) is 11.1 Å². The quantitative estimate of drug-likeness (QED) is 0.720. The summed E-state index contributed by atoms with van der Waals surface area (Å²) in [7, 11) is 0. The Morgan fingerprint density at radius 3 is 2.50 bits per heavy atom. The van der Waals surface area contributed by atoms with Gasteiger partial charge in [0.2, 0.25) is 0 Å². The molecule has 0 aliphatic rings. The summed E-state index contributed by atoms with van der Waals surface area (Å²) in [6.07, 6.45) is 5.42. The number of aryl methyl sites for hydroxylation is 2. The van der Waals surface area contributed by atoms with Crippen LogP contribution >= 0.6 is 0 Å². The molecule has 0 aromatic heterocycles. The van der Waals surface area contributed by atoms with Crippen LogP contribution in [0.1, 0.15) is 17.5 Å². The Morgan fingerprint density at radius 2 is 2.00 bits per heavy atom. The van der Waals surface area contributed by atoms with Crippen molar-refractivity contribution in [1.82, 2.24) is 0 Å². The van der Waals surface area contributed by atoms with E-state index in [4.69, 9.17) is 5.73 Å². The molecule has 2 N–H and O–H groups in total. The molecule has 1 rings (SSSR count).